The van der Waals surface area contributed by atoms with Crippen LogP contribution in [0.1, 0.15) is 16.8 Å². The van der Waals surface area contributed by atoms with Crippen LogP contribution < -0.4 is 0 Å². The van der Waals surface area contributed by atoms with Gasteiger partial charge in [-0.05, 0) is 58.5 Å². The zero-order valence-corrected chi connectivity index (χ0v) is 14.8. The van der Waals surface area contributed by atoms with Crippen molar-refractivity contribution in [3.8, 4) is 0 Å². The fraction of sp³-hybridized carbons (Fsp3) is 0.133. The van der Waals surface area contributed by atoms with Gasteiger partial charge in [-0.25, -0.2) is 4.98 Å². The van der Waals surface area contributed by atoms with Crippen LogP contribution in [0.4, 0.5) is 0 Å². The first-order chi connectivity index (χ1) is 9.63. The van der Waals surface area contributed by atoms with Gasteiger partial charge >= 0.3 is 0 Å². The second-order valence-corrected chi connectivity index (χ2v) is 7.04. The van der Waals surface area contributed by atoms with Crippen molar-refractivity contribution in [1.29, 1.82) is 0 Å². The number of alkyl halides is 1. The lowest BCUT2D eigenvalue weighted by molar-refractivity contribution is 0.525. The van der Waals surface area contributed by atoms with Gasteiger partial charge in [0.05, 0.1) is 5.38 Å². The average Bonchev–Trinajstić information content (AvgIpc) is 2.83. The van der Waals surface area contributed by atoms with E-state index in [1.165, 1.54) is 0 Å². The molecular formula is C15H10BrClINO. The van der Waals surface area contributed by atoms with E-state index in [9.17, 15) is 0 Å². The first-order valence-corrected chi connectivity index (χ1v) is 8.38. The third-order valence-electron chi connectivity index (χ3n) is 2.99. The van der Waals surface area contributed by atoms with Crippen molar-refractivity contribution in [1.82, 2.24) is 4.98 Å². The van der Waals surface area contributed by atoms with Gasteiger partial charge in [-0.3, -0.25) is 0 Å². The Balaban J connectivity index is 1.88. The summed E-state index contributed by atoms with van der Waals surface area (Å²) >= 11 is 12.3. The highest BCUT2D eigenvalue weighted by Gasteiger charge is 2.16. The van der Waals surface area contributed by atoms with Gasteiger partial charge in [0.15, 0.2) is 11.5 Å². The SMILES string of the molecule is ClC(Cc1nc2ccccc2o1)c1cc(I)ccc1Br. The molecule has 0 aliphatic carbocycles. The molecule has 0 bridgehead atoms. The predicted molar refractivity (Wildman–Crippen MR) is 93.2 cm³/mol. The van der Waals surface area contributed by atoms with Crippen molar-refractivity contribution in [2.24, 2.45) is 0 Å². The van der Waals surface area contributed by atoms with Crippen LogP contribution in [0.25, 0.3) is 11.1 Å². The number of halogens is 3. The number of para-hydroxylation sites is 2. The van der Waals surface area contributed by atoms with Crippen molar-refractivity contribution in [2.45, 2.75) is 11.8 Å². The van der Waals surface area contributed by atoms with Crippen LogP contribution in [-0.2, 0) is 6.42 Å². The third kappa shape index (κ3) is 3.02. The van der Waals surface area contributed by atoms with Gasteiger partial charge in [0, 0.05) is 14.5 Å². The molecule has 20 heavy (non-hydrogen) atoms. The summed E-state index contributed by atoms with van der Waals surface area (Å²) < 4.78 is 7.88. The maximum absolute atomic E-state index is 6.51. The van der Waals surface area contributed by atoms with Crippen molar-refractivity contribution in [3.05, 3.63) is 62.0 Å². The maximum atomic E-state index is 6.51. The molecule has 0 aliphatic rings. The van der Waals surface area contributed by atoms with Crippen LogP contribution in [0, 0.1) is 3.57 Å². The molecule has 2 nitrogen and oxygen atoms in total. The van der Waals surface area contributed by atoms with Crippen molar-refractivity contribution in [3.63, 3.8) is 0 Å². The molecule has 102 valence electrons. The molecule has 0 N–H and O–H groups in total. The Hall–Kier alpha value is -0.590. The molecule has 3 rings (SSSR count). The number of nitrogens with zero attached hydrogens (tertiary/aromatic N) is 1. The van der Waals surface area contributed by atoms with E-state index in [0.29, 0.717) is 12.3 Å². The zero-order chi connectivity index (χ0) is 14.1. The molecule has 2 aromatic carbocycles. The van der Waals surface area contributed by atoms with Gasteiger partial charge < -0.3 is 4.42 Å². The number of aromatic nitrogens is 1. The molecule has 1 heterocycles. The second-order valence-electron chi connectivity index (χ2n) is 4.41. The molecule has 1 aromatic heterocycles. The number of rotatable bonds is 3. The minimum Gasteiger partial charge on any atom is -0.441 e. The van der Waals surface area contributed by atoms with E-state index >= 15 is 0 Å². The third-order valence-corrected chi connectivity index (χ3v) is 4.77. The molecule has 1 atom stereocenters. The molecule has 3 aromatic rings. The van der Waals surface area contributed by atoms with E-state index < -0.39 is 0 Å². The molecule has 1 unspecified atom stereocenters. The highest BCUT2D eigenvalue weighted by atomic mass is 127. The van der Waals surface area contributed by atoms with Gasteiger partial charge in [-0.1, -0.05) is 28.1 Å². The molecular weight excluding hydrogens is 452 g/mol. The van der Waals surface area contributed by atoms with E-state index in [1.807, 2.05) is 36.4 Å². The molecule has 0 saturated heterocycles. The lowest BCUT2D eigenvalue weighted by Gasteiger charge is -2.10. The average molecular weight is 463 g/mol. The Labute approximate surface area is 143 Å². The van der Waals surface area contributed by atoms with E-state index in [1.54, 1.807) is 0 Å². The summed E-state index contributed by atoms with van der Waals surface area (Å²) in [6, 6.07) is 13.9. The molecule has 0 spiro atoms. The van der Waals surface area contributed by atoms with E-state index in [4.69, 9.17) is 16.0 Å². The van der Waals surface area contributed by atoms with Crippen LogP contribution in [0.2, 0.25) is 0 Å². The van der Waals surface area contributed by atoms with Gasteiger partial charge in [0.2, 0.25) is 0 Å². The lowest BCUT2D eigenvalue weighted by atomic mass is 10.1. The summed E-state index contributed by atoms with van der Waals surface area (Å²) in [6.45, 7) is 0. The minimum absolute atomic E-state index is 0.174. The van der Waals surface area contributed by atoms with E-state index in [-0.39, 0.29) is 5.38 Å². The summed E-state index contributed by atoms with van der Waals surface area (Å²) in [4.78, 5) is 4.46. The second kappa shape index (κ2) is 6.03. The quantitative estimate of drug-likeness (QED) is 0.368. The van der Waals surface area contributed by atoms with Crippen molar-refractivity contribution < 1.29 is 4.42 Å². The standard InChI is InChI=1S/C15H10BrClINO/c16-11-6-5-9(18)7-10(11)12(17)8-15-19-13-3-1-2-4-14(13)20-15/h1-7,12H,8H2. The Morgan fingerprint density at radius 1 is 1.25 bits per heavy atom. The van der Waals surface area contributed by atoms with E-state index in [2.05, 4.69) is 49.6 Å². The van der Waals surface area contributed by atoms with Crippen LogP contribution in [0.3, 0.4) is 0 Å². The summed E-state index contributed by atoms with van der Waals surface area (Å²) in [5, 5.41) is -0.174. The van der Waals surface area contributed by atoms with Crippen LogP contribution in [0.5, 0.6) is 0 Å². The van der Waals surface area contributed by atoms with Crippen LogP contribution in [-0.4, -0.2) is 4.98 Å². The highest BCUT2D eigenvalue weighted by molar-refractivity contribution is 14.1. The van der Waals surface area contributed by atoms with Gasteiger partial charge in [0.1, 0.15) is 5.52 Å². The maximum Gasteiger partial charge on any atom is 0.197 e. The van der Waals surface area contributed by atoms with Gasteiger partial charge in [-0.2, -0.15) is 0 Å². The Kier molecular flexibility index (Phi) is 4.33. The predicted octanol–water partition coefficient (Wildman–Crippen LogP) is 5.72. The topological polar surface area (TPSA) is 26.0 Å². The van der Waals surface area contributed by atoms with E-state index in [0.717, 1.165) is 24.7 Å². The summed E-state index contributed by atoms with van der Waals surface area (Å²) in [5.41, 5.74) is 2.72. The smallest absolute Gasteiger partial charge is 0.197 e. The number of hydrogen-bond acceptors (Lipinski definition) is 2. The summed E-state index contributed by atoms with van der Waals surface area (Å²) in [6.07, 6.45) is 0.564. The molecule has 0 fully saturated rings. The summed E-state index contributed by atoms with van der Waals surface area (Å²) in [7, 11) is 0. The monoisotopic (exact) mass is 461 g/mol. The molecule has 5 heteroatoms. The lowest BCUT2D eigenvalue weighted by Crippen LogP contribution is -1.98. The van der Waals surface area contributed by atoms with Gasteiger partial charge in [-0.15, -0.1) is 11.6 Å². The van der Waals surface area contributed by atoms with Crippen molar-refractivity contribution in [2.75, 3.05) is 0 Å². The number of benzene rings is 2. The van der Waals surface area contributed by atoms with Crippen molar-refractivity contribution >= 4 is 61.2 Å². The number of hydrogen-bond donors (Lipinski definition) is 0. The van der Waals surface area contributed by atoms with Crippen LogP contribution >= 0.6 is 50.1 Å². The highest BCUT2D eigenvalue weighted by Crippen LogP contribution is 2.32. The fourth-order valence-electron chi connectivity index (χ4n) is 2.03. The molecule has 0 saturated carbocycles. The first-order valence-electron chi connectivity index (χ1n) is 6.07. The van der Waals surface area contributed by atoms with Crippen LogP contribution in [0.15, 0.2) is 51.4 Å². The fourth-order valence-corrected chi connectivity index (χ4v) is 3.51. The largest absolute Gasteiger partial charge is 0.441 e. The number of fused-ring (bicyclic) bond motifs is 1. The Morgan fingerprint density at radius 3 is 2.85 bits per heavy atom. The number of oxazole rings is 1. The normalized spacial score (nSPS) is 12.8. The molecule has 0 aliphatic heterocycles. The Morgan fingerprint density at radius 2 is 2.05 bits per heavy atom. The minimum atomic E-state index is -0.174. The summed E-state index contributed by atoms with van der Waals surface area (Å²) in [5.74, 6) is 0.664. The molecule has 0 amide bonds. The molecule has 0 radical (unpaired) electrons. The van der Waals surface area contributed by atoms with Gasteiger partial charge in [0.25, 0.3) is 0 Å². The Bertz CT molecular complexity index is 725. The zero-order valence-electron chi connectivity index (χ0n) is 10.3. The first kappa shape index (κ1) is 14.4.